The van der Waals surface area contributed by atoms with Crippen LogP contribution in [0.25, 0.3) is 11.3 Å². The molecule has 122 valence electrons. The molecule has 1 aliphatic rings. The first-order valence-electron chi connectivity index (χ1n) is 8.09. The molecule has 1 N–H and O–H groups in total. The second-order valence-corrected chi connectivity index (χ2v) is 5.92. The van der Waals surface area contributed by atoms with Crippen LogP contribution >= 0.6 is 0 Å². The molecule has 0 radical (unpaired) electrons. The molecular formula is C22H16O3. The molecule has 0 aliphatic carbocycles. The number of benzene rings is 3. The normalized spacial score (nSPS) is 16.8. The van der Waals surface area contributed by atoms with Gasteiger partial charge in [0.05, 0.1) is 0 Å². The summed E-state index contributed by atoms with van der Waals surface area (Å²) in [6.07, 6.45) is 0. The first-order chi connectivity index (χ1) is 12.2. The third-order valence-corrected chi connectivity index (χ3v) is 4.32. The number of aromatic hydroxyl groups is 1. The van der Waals surface area contributed by atoms with Crippen LogP contribution < -0.4 is 0 Å². The van der Waals surface area contributed by atoms with E-state index in [-0.39, 0.29) is 11.7 Å². The van der Waals surface area contributed by atoms with Gasteiger partial charge in [-0.2, -0.15) is 0 Å². The molecule has 0 spiro atoms. The molecule has 0 saturated carbocycles. The fraction of sp³-hybridized carbons (Fsp3) is 0.0455. The Morgan fingerprint density at radius 2 is 1.32 bits per heavy atom. The van der Waals surface area contributed by atoms with Gasteiger partial charge in [0.15, 0.2) is 0 Å². The molecule has 0 amide bonds. The first-order valence-corrected chi connectivity index (χ1v) is 8.09. The molecule has 3 aromatic rings. The summed E-state index contributed by atoms with van der Waals surface area (Å²) in [7, 11) is 0. The highest BCUT2D eigenvalue weighted by atomic mass is 16.5. The van der Waals surface area contributed by atoms with E-state index in [1.165, 1.54) is 0 Å². The maximum Gasteiger partial charge on any atom is 0.323 e. The zero-order valence-electron chi connectivity index (χ0n) is 13.4. The lowest BCUT2D eigenvalue weighted by Gasteiger charge is -2.12. The summed E-state index contributed by atoms with van der Waals surface area (Å²) in [5, 5.41) is 9.54. The second kappa shape index (κ2) is 6.29. The fourth-order valence-electron chi connectivity index (χ4n) is 3.15. The molecule has 25 heavy (non-hydrogen) atoms. The van der Waals surface area contributed by atoms with E-state index in [2.05, 4.69) is 0 Å². The van der Waals surface area contributed by atoms with Crippen LogP contribution in [0.5, 0.6) is 5.75 Å². The minimum Gasteiger partial charge on any atom is -0.508 e. The zero-order valence-corrected chi connectivity index (χ0v) is 13.4. The van der Waals surface area contributed by atoms with Gasteiger partial charge in [-0.3, -0.25) is 4.79 Å². The third-order valence-electron chi connectivity index (χ3n) is 4.32. The van der Waals surface area contributed by atoms with Gasteiger partial charge in [-0.1, -0.05) is 60.7 Å². The van der Waals surface area contributed by atoms with E-state index < -0.39 is 5.92 Å². The summed E-state index contributed by atoms with van der Waals surface area (Å²) in [4.78, 5) is 12.7. The minimum absolute atomic E-state index is 0.176. The number of hydrogen-bond donors (Lipinski definition) is 1. The lowest BCUT2D eigenvalue weighted by atomic mass is 9.86. The Hall–Kier alpha value is -3.33. The molecule has 0 aromatic heterocycles. The maximum atomic E-state index is 12.7. The topological polar surface area (TPSA) is 46.5 Å². The number of carbonyl (C=O) groups excluding carboxylic acids is 1. The predicted octanol–water partition coefficient (Wildman–Crippen LogP) is 4.60. The molecule has 4 rings (SSSR count). The van der Waals surface area contributed by atoms with Gasteiger partial charge >= 0.3 is 5.97 Å². The van der Waals surface area contributed by atoms with Crippen LogP contribution in [0.15, 0.2) is 84.9 Å². The van der Waals surface area contributed by atoms with Gasteiger partial charge in [-0.15, -0.1) is 0 Å². The Bertz CT molecular complexity index is 926. The highest BCUT2D eigenvalue weighted by Gasteiger charge is 2.38. The molecule has 0 fully saturated rings. The molecule has 0 saturated heterocycles. The van der Waals surface area contributed by atoms with Crippen molar-refractivity contribution >= 4 is 17.3 Å². The summed E-state index contributed by atoms with van der Waals surface area (Å²) < 4.78 is 5.68. The average Bonchev–Trinajstić information content (AvgIpc) is 3.01. The molecule has 1 aliphatic heterocycles. The molecule has 0 unspecified atom stereocenters. The van der Waals surface area contributed by atoms with Gasteiger partial charge in [0, 0.05) is 11.1 Å². The summed E-state index contributed by atoms with van der Waals surface area (Å²) in [5.41, 5.74) is 3.47. The van der Waals surface area contributed by atoms with Gasteiger partial charge in [-0.25, -0.2) is 0 Å². The summed E-state index contributed by atoms with van der Waals surface area (Å²) in [5.74, 6) is -0.0277. The average molecular weight is 328 g/mol. The highest BCUT2D eigenvalue weighted by molar-refractivity contribution is 6.09. The summed E-state index contributed by atoms with van der Waals surface area (Å²) in [6, 6.07) is 26.1. The van der Waals surface area contributed by atoms with Crippen molar-refractivity contribution in [1.29, 1.82) is 0 Å². The van der Waals surface area contributed by atoms with Crippen molar-refractivity contribution in [3.8, 4) is 5.75 Å². The van der Waals surface area contributed by atoms with Crippen molar-refractivity contribution in [3.63, 3.8) is 0 Å². The number of rotatable bonds is 3. The number of phenolic OH excluding ortho intramolecular Hbond substituents is 1. The van der Waals surface area contributed by atoms with E-state index in [4.69, 9.17) is 4.74 Å². The van der Waals surface area contributed by atoms with Crippen molar-refractivity contribution in [1.82, 2.24) is 0 Å². The number of cyclic esters (lactones) is 1. The summed E-state index contributed by atoms with van der Waals surface area (Å²) in [6.45, 7) is 0. The highest BCUT2D eigenvalue weighted by Crippen LogP contribution is 2.45. The van der Waals surface area contributed by atoms with Crippen LogP contribution in [0.1, 0.15) is 22.6 Å². The van der Waals surface area contributed by atoms with Crippen LogP contribution in [-0.4, -0.2) is 11.1 Å². The van der Waals surface area contributed by atoms with Gasteiger partial charge < -0.3 is 9.84 Å². The number of hydrogen-bond acceptors (Lipinski definition) is 3. The Labute approximate surface area is 145 Å². The first kappa shape index (κ1) is 15.2. The van der Waals surface area contributed by atoms with E-state index in [9.17, 15) is 9.90 Å². The van der Waals surface area contributed by atoms with Crippen LogP contribution in [-0.2, 0) is 9.53 Å². The zero-order chi connectivity index (χ0) is 17.2. The number of phenols is 1. The minimum atomic E-state index is -0.465. The van der Waals surface area contributed by atoms with Crippen LogP contribution in [0.3, 0.4) is 0 Å². The summed E-state index contributed by atoms with van der Waals surface area (Å²) >= 11 is 0. The molecule has 1 atom stereocenters. The van der Waals surface area contributed by atoms with Gasteiger partial charge in [0.25, 0.3) is 0 Å². The van der Waals surface area contributed by atoms with Crippen LogP contribution in [0, 0.1) is 0 Å². The van der Waals surface area contributed by atoms with Crippen molar-refractivity contribution in [2.45, 2.75) is 5.92 Å². The van der Waals surface area contributed by atoms with Crippen LogP contribution in [0.2, 0.25) is 0 Å². The Morgan fingerprint density at radius 3 is 1.96 bits per heavy atom. The van der Waals surface area contributed by atoms with E-state index in [1.807, 2.05) is 60.7 Å². The standard InChI is InChI=1S/C22H16O3/c23-18-13-11-17(12-14-18)21-19(15-7-3-1-4-8-15)20(22(24)25-21)16-9-5-2-6-10-16/h1-14,20,23H/t20-/m1/s1. The largest absolute Gasteiger partial charge is 0.508 e. The Kier molecular flexibility index (Phi) is 3.82. The monoisotopic (exact) mass is 328 g/mol. The maximum absolute atomic E-state index is 12.7. The van der Waals surface area contributed by atoms with Crippen molar-refractivity contribution in [2.24, 2.45) is 0 Å². The molecular weight excluding hydrogens is 312 g/mol. The quantitative estimate of drug-likeness (QED) is 0.715. The predicted molar refractivity (Wildman–Crippen MR) is 96.6 cm³/mol. The molecule has 1 heterocycles. The van der Waals surface area contributed by atoms with Crippen LogP contribution in [0.4, 0.5) is 0 Å². The molecule has 3 heteroatoms. The third kappa shape index (κ3) is 2.81. The molecule has 0 bridgehead atoms. The van der Waals surface area contributed by atoms with Gasteiger partial charge in [0.2, 0.25) is 0 Å². The van der Waals surface area contributed by atoms with E-state index in [1.54, 1.807) is 24.3 Å². The van der Waals surface area contributed by atoms with Gasteiger partial charge in [0.1, 0.15) is 17.4 Å². The molecule has 3 aromatic carbocycles. The van der Waals surface area contributed by atoms with Crippen molar-refractivity contribution in [2.75, 3.05) is 0 Å². The fourth-order valence-corrected chi connectivity index (χ4v) is 3.15. The molecule has 3 nitrogen and oxygen atoms in total. The number of esters is 1. The van der Waals surface area contributed by atoms with Gasteiger partial charge in [-0.05, 0) is 35.4 Å². The Balaban J connectivity index is 1.93. The van der Waals surface area contributed by atoms with Crippen molar-refractivity contribution in [3.05, 3.63) is 102 Å². The lowest BCUT2D eigenvalue weighted by molar-refractivity contribution is -0.135. The van der Waals surface area contributed by atoms with Crippen molar-refractivity contribution < 1.29 is 14.6 Å². The number of carbonyl (C=O) groups is 1. The van der Waals surface area contributed by atoms with E-state index in [0.717, 1.165) is 22.3 Å². The SMILES string of the molecule is O=C1OC(c2ccc(O)cc2)=C(c2ccccc2)[C@H]1c1ccccc1. The Morgan fingerprint density at radius 1 is 0.720 bits per heavy atom. The number of ether oxygens (including phenoxy) is 1. The van der Waals surface area contributed by atoms with E-state index in [0.29, 0.717) is 5.76 Å². The van der Waals surface area contributed by atoms with E-state index >= 15 is 0 Å². The lowest BCUT2D eigenvalue weighted by Crippen LogP contribution is -2.09. The smallest absolute Gasteiger partial charge is 0.323 e. The second-order valence-electron chi connectivity index (χ2n) is 5.92.